The molecule has 19 heavy (non-hydrogen) atoms. The minimum absolute atomic E-state index is 0.0411. The average Bonchev–Trinajstić information content (AvgIpc) is 2.96. The third-order valence-electron chi connectivity index (χ3n) is 2.55. The lowest BCUT2D eigenvalue weighted by Crippen LogP contribution is -1.88. The van der Waals surface area contributed by atoms with Crippen molar-refractivity contribution in [3.63, 3.8) is 0 Å². The van der Waals surface area contributed by atoms with Gasteiger partial charge in [-0.15, -0.1) is 5.10 Å². The van der Waals surface area contributed by atoms with Gasteiger partial charge in [-0.1, -0.05) is 12.1 Å². The Kier molecular flexibility index (Phi) is 2.64. The van der Waals surface area contributed by atoms with Gasteiger partial charge in [0.15, 0.2) is 0 Å². The second-order valence-electron chi connectivity index (χ2n) is 3.73. The third-order valence-corrected chi connectivity index (χ3v) is 3.44. The topological polar surface area (TPSA) is 82.6 Å². The molecule has 0 aliphatic carbocycles. The van der Waals surface area contributed by atoms with Crippen molar-refractivity contribution in [2.24, 2.45) is 0 Å². The summed E-state index contributed by atoms with van der Waals surface area (Å²) in [4.78, 5) is 15.4. The fraction of sp³-hybridized carbons (Fsp3) is 0.0909. The number of nitro benzene ring substituents is 1. The Labute approximate surface area is 111 Å². The highest BCUT2D eigenvalue weighted by atomic mass is 32.1. The Morgan fingerprint density at radius 3 is 3.00 bits per heavy atom. The maximum absolute atomic E-state index is 10.7. The zero-order valence-corrected chi connectivity index (χ0v) is 10.6. The second-order valence-corrected chi connectivity index (χ2v) is 4.65. The highest BCUT2D eigenvalue weighted by molar-refractivity contribution is 7.18. The molecule has 1 aromatic carbocycles. The molecule has 8 heteroatoms. The van der Waals surface area contributed by atoms with Gasteiger partial charge in [-0.25, -0.2) is 9.50 Å². The van der Waals surface area contributed by atoms with E-state index < -0.39 is 4.92 Å². The highest BCUT2D eigenvalue weighted by Crippen LogP contribution is 2.27. The molecular formula is C11H8N4O3S. The molecule has 0 bridgehead atoms. The summed E-state index contributed by atoms with van der Waals surface area (Å²) >= 11 is 1.31. The van der Waals surface area contributed by atoms with Crippen molar-refractivity contribution < 1.29 is 9.66 Å². The van der Waals surface area contributed by atoms with Gasteiger partial charge in [0.2, 0.25) is 4.96 Å². The lowest BCUT2D eigenvalue weighted by Gasteiger charge is -1.96. The fourth-order valence-corrected chi connectivity index (χ4v) is 2.38. The summed E-state index contributed by atoms with van der Waals surface area (Å²) in [7, 11) is 1.54. The molecule has 0 aliphatic rings. The molecule has 0 fully saturated rings. The fourth-order valence-electron chi connectivity index (χ4n) is 1.68. The van der Waals surface area contributed by atoms with Crippen LogP contribution in [0.3, 0.4) is 0 Å². The molecular weight excluding hydrogens is 268 g/mol. The number of imidazole rings is 1. The van der Waals surface area contributed by atoms with E-state index in [1.807, 2.05) is 0 Å². The van der Waals surface area contributed by atoms with Crippen molar-refractivity contribution in [2.45, 2.75) is 0 Å². The van der Waals surface area contributed by atoms with Gasteiger partial charge >= 0.3 is 0 Å². The molecule has 0 spiro atoms. The number of fused-ring (bicyclic) bond motifs is 1. The summed E-state index contributed by atoms with van der Waals surface area (Å²) in [5, 5.41) is 15.4. The van der Waals surface area contributed by atoms with Crippen LogP contribution in [0.2, 0.25) is 0 Å². The molecule has 96 valence electrons. The van der Waals surface area contributed by atoms with Gasteiger partial charge in [0.1, 0.15) is 0 Å². The van der Waals surface area contributed by atoms with Crippen LogP contribution in [-0.4, -0.2) is 26.6 Å². The predicted molar refractivity (Wildman–Crippen MR) is 69.5 cm³/mol. The molecule has 0 saturated heterocycles. The Bertz CT molecular complexity index is 733. The van der Waals surface area contributed by atoms with Gasteiger partial charge in [-0.2, -0.15) is 0 Å². The van der Waals surface area contributed by atoms with E-state index in [0.29, 0.717) is 21.4 Å². The zero-order chi connectivity index (χ0) is 13.4. The molecule has 2 heterocycles. The minimum Gasteiger partial charge on any atom is -0.472 e. The van der Waals surface area contributed by atoms with Crippen LogP contribution < -0.4 is 4.74 Å². The van der Waals surface area contributed by atoms with Crippen molar-refractivity contribution in [1.29, 1.82) is 0 Å². The number of hydrogen-bond donors (Lipinski definition) is 0. The van der Waals surface area contributed by atoms with Crippen molar-refractivity contribution in [1.82, 2.24) is 14.6 Å². The van der Waals surface area contributed by atoms with E-state index in [2.05, 4.69) is 10.1 Å². The van der Waals surface area contributed by atoms with Crippen molar-refractivity contribution in [3.05, 3.63) is 40.6 Å². The Morgan fingerprint density at radius 1 is 1.47 bits per heavy atom. The third kappa shape index (κ3) is 2.02. The number of benzene rings is 1. The molecule has 0 unspecified atom stereocenters. The molecule has 0 saturated carbocycles. The summed E-state index contributed by atoms with van der Waals surface area (Å²) in [5.41, 5.74) is 1.37. The molecule has 3 rings (SSSR count). The van der Waals surface area contributed by atoms with Gasteiger partial charge in [0, 0.05) is 17.7 Å². The highest BCUT2D eigenvalue weighted by Gasteiger charge is 2.12. The molecule has 0 aliphatic heterocycles. The average molecular weight is 276 g/mol. The van der Waals surface area contributed by atoms with Crippen molar-refractivity contribution in [2.75, 3.05) is 7.11 Å². The van der Waals surface area contributed by atoms with E-state index >= 15 is 0 Å². The lowest BCUT2D eigenvalue weighted by molar-refractivity contribution is -0.384. The predicted octanol–water partition coefficient (Wildman–Crippen LogP) is 2.37. The Balaban J connectivity index is 2.06. The van der Waals surface area contributed by atoms with Gasteiger partial charge in [0.25, 0.3) is 10.9 Å². The summed E-state index contributed by atoms with van der Waals surface area (Å²) in [6.07, 6.45) is 1.72. The zero-order valence-electron chi connectivity index (χ0n) is 9.81. The van der Waals surface area contributed by atoms with E-state index in [9.17, 15) is 10.1 Å². The van der Waals surface area contributed by atoms with Crippen molar-refractivity contribution >= 4 is 22.0 Å². The van der Waals surface area contributed by atoms with E-state index in [1.165, 1.54) is 23.5 Å². The van der Waals surface area contributed by atoms with Crippen LogP contribution >= 0.6 is 11.3 Å². The smallest absolute Gasteiger partial charge is 0.294 e. The summed E-state index contributed by atoms with van der Waals surface area (Å²) in [5.74, 6) is 0. The summed E-state index contributed by atoms with van der Waals surface area (Å²) < 4.78 is 6.61. The van der Waals surface area contributed by atoms with E-state index in [0.717, 1.165) is 0 Å². The first kappa shape index (κ1) is 11.6. The van der Waals surface area contributed by atoms with Crippen LogP contribution in [0.1, 0.15) is 0 Å². The number of nitro groups is 1. The lowest BCUT2D eigenvalue weighted by atomic mass is 10.1. The molecule has 0 atom stereocenters. The van der Waals surface area contributed by atoms with Crippen LogP contribution in [0, 0.1) is 10.1 Å². The Morgan fingerprint density at radius 2 is 2.32 bits per heavy atom. The largest absolute Gasteiger partial charge is 0.472 e. The van der Waals surface area contributed by atoms with Crippen LogP contribution in [-0.2, 0) is 0 Å². The maximum atomic E-state index is 10.7. The molecule has 0 N–H and O–H groups in total. The maximum Gasteiger partial charge on any atom is 0.294 e. The SMILES string of the molecule is COc1nn2cc(-c3cccc([N+](=O)[O-])c3)nc2s1. The van der Waals surface area contributed by atoms with E-state index in [1.54, 1.807) is 30.0 Å². The number of ether oxygens (including phenoxy) is 1. The number of aromatic nitrogens is 3. The number of methoxy groups -OCH3 is 1. The van der Waals surface area contributed by atoms with Crippen molar-refractivity contribution in [3.8, 4) is 16.5 Å². The van der Waals surface area contributed by atoms with Crippen LogP contribution in [0.25, 0.3) is 16.2 Å². The number of rotatable bonds is 3. The van der Waals surface area contributed by atoms with Gasteiger partial charge in [0.05, 0.1) is 23.9 Å². The molecule has 3 aromatic rings. The normalized spacial score (nSPS) is 10.8. The first-order valence-corrected chi connectivity index (χ1v) is 6.14. The number of hydrogen-bond acceptors (Lipinski definition) is 6. The quantitative estimate of drug-likeness (QED) is 0.541. The van der Waals surface area contributed by atoms with Crippen LogP contribution in [0.5, 0.6) is 5.19 Å². The van der Waals surface area contributed by atoms with Crippen LogP contribution in [0.15, 0.2) is 30.5 Å². The first-order chi connectivity index (χ1) is 9.17. The summed E-state index contributed by atoms with van der Waals surface area (Å²) in [6.45, 7) is 0. The molecule has 2 aromatic heterocycles. The number of nitrogens with zero attached hydrogens (tertiary/aromatic N) is 4. The molecule has 7 nitrogen and oxygen atoms in total. The van der Waals surface area contributed by atoms with Gasteiger partial charge < -0.3 is 4.74 Å². The monoisotopic (exact) mass is 276 g/mol. The van der Waals surface area contributed by atoms with Gasteiger partial charge in [-0.3, -0.25) is 10.1 Å². The molecule has 0 amide bonds. The Hall–Kier alpha value is -2.48. The van der Waals surface area contributed by atoms with E-state index in [-0.39, 0.29) is 5.69 Å². The first-order valence-electron chi connectivity index (χ1n) is 5.32. The summed E-state index contributed by atoms with van der Waals surface area (Å²) in [6, 6.07) is 6.35. The number of non-ortho nitro benzene ring substituents is 1. The molecule has 0 radical (unpaired) electrons. The van der Waals surface area contributed by atoms with Gasteiger partial charge in [-0.05, 0) is 11.3 Å². The van der Waals surface area contributed by atoms with Crippen LogP contribution in [0.4, 0.5) is 5.69 Å². The minimum atomic E-state index is -0.427. The van der Waals surface area contributed by atoms with E-state index in [4.69, 9.17) is 4.74 Å². The second kappa shape index (κ2) is 4.32. The standard InChI is InChI=1S/C11H8N4O3S/c1-18-11-13-14-6-9(12-10(14)19-11)7-3-2-4-8(5-7)15(16)17/h2-6H,1H3.